The predicted octanol–water partition coefficient (Wildman–Crippen LogP) is 13.3. The Morgan fingerprint density at radius 2 is 1.00 bits per heavy atom. The molecule has 10 rings (SSSR count). The van der Waals surface area contributed by atoms with Crippen LogP contribution in [-0.2, 0) is 5.41 Å². The molecule has 1 aliphatic rings. The Morgan fingerprint density at radius 1 is 0.453 bits per heavy atom. The van der Waals surface area contributed by atoms with Gasteiger partial charge in [0.25, 0.3) is 0 Å². The highest BCUT2D eigenvalue weighted by atomic mass is 15.1. The highest BCUT2D eigenvalue weighted by molar-refractivity contribution is 5.99. The van der Waals surface area contributed by atoms with Crippen molar-refractivity contribution in [3.8, 4) is 39.3 Å². The Hall–Kier alpha value is -6.71. The van der Waals surface area contributed by atoms with E-state index in [1.165, 1.54) is 44.2 Å². The highest BCUT2D eigenvalue weighted by Gasteiger charge is 2.37. The van der Waals surface area contributed by atoms with Crippen LogP contribution in [0, 0.1) is 0 Å². The molecule has 3 nitrogen and oxygen atoms in total. The third kappa shape index (κ3) is 5.16. The smallest absolute Gasteiger partial charge is 0.145 e. The fourth-order valence-electron chi connectivity index (χ4n) is 8.25. The molecule has 0 radical (unpaired) electrons. The lowest BCUT2D eigenvalue weighted by Gasteiger charge is -2.26. The summed E-state index contributed by atoms with van der Waals surface area (Å²) in [6.45, 7) is 4.71. The number of fused-ring (bicyclic) bond motifs is 5. The van der Waals surface area contributed by atoms with Crippen molar-refractivity contribution in [3.05, 3.63) is 199 Å². The summed E-state index contributed by atoms with van der Waals surface area (Å²) in [5.41, 5.74) is 15.2. The third-order valence-electron chi connectivity index (χ3n) is 10.9. The normalized spacial score (nSPS) is 12.9. The van der Waals surface area contributed by atoms with Crippen molar-refractivity contribution in [2.24, 2.45) is 0 Å². The highest BCUT2D eigenvalue weighted by Crippen LogP contribution is 2.52. The van der Waals surface area contributed by atoms with Gasteiger partial charge in [-0.1, -0.05) is 129 Å². The molecule has 0 amide bonds. The van der Waals surface area contributed by atoms with E-state index in [9.17, 15) is 0 Å². The van der Waals surface area contributed by atoms with Gasteiger partial charge in [0.15, 0.2) is 0 Å². The minimum absolute atomic E-state index is 0.175. The Bertz CT molecular complexity index is 2770. The van der Waals surface area contributed by atoms with E-state index < -0.39 is 0 Å². The molecular weight excluding hydrogens is 643 g/mol. The van der Waals surface area contributed by atoms with Crippen molar-refractivity contribution in [2.45, 2.75) is 19.3 Å². The zero-order chi connectivity index (χ0) is 35.5. The quantitative estimate of drug-likeness (QED) is 0.174. The molecule has 8 aromatic carbocycles. The Balaban J connectivity index is 1.13. The zero-order valence-electron chi connectivity index (χ0n) is 29.7. The first-order chi connectivity index (χ1) is 26.0. The van der Waals surface area contributed by atoms with Gasteiger partial charge >= 0.3 is 0 Å². The summed E-state index contributed by atoms with van der Waals surface area (Å²) in [6.07, 6.45) is 0. The van der Waals surface area contributed by atoms with Crippen molar-refractivity contribution in [2.75, 3.05) is 4.90 Å². The molecule has 0 unspecified atom stereocenters. The molecular formula is C50H37N3. The van der Waals surface area contributed by atoms with Crippen molar-refractivity contribution in [1.82, 2.24) is 9.55 Å². The SMILES string of the molecule is CC1(C)c2cc3ccc(N(c4ccccc4)c4ccc(-c5ccccc5)cc4)cc3cc2-c2cc3c(cc21)nc(-c1ccccc1)n3-c1ccccc1. The third-order valence-corrected chi connectivity index (χ3v) is 10.9. The fraction of sp³-hybridized carbons (Fsp3) is 0.0600. The molecule has 0 saturated heterocycles. The first-order valence-electron chi connectivity index (χ1n) is 18.3. The second-order valence-corrected chi connectivity index (χ2v) is 14.5. The van der Waals surface area contributed by atoms with Gasteiger partial charge < -0.3 is 4.90 Å². The van der Waals surface area contributed by atoms with E-state index in [-0.39, 0.29) is 5.41 Å². The number of para-hydroxylation sites is 2. The summed E-state index contributed by atoms with van der Waals surface area (Å²) in [6, 6.07) is 67.7. The van der Waals surface area contributed by atoms with Gasteiger partial charge in [-0.3, -0.25) is 4.57 Å². The van der Waals surface area contributed by atoms with Crippen molar-refractivity contribution < 1.29 is 0 Å². The van der Waals surface area contributed by atoms with Gasteiger partial charge in [-0.2, -0.15) is 0 Å². The minimum atomic E-state index is -0.175. The van der Waals surface area contributed by atoms with Crippen LogP contribution in [0.15, 0.2) is 188 Å². The topological polar surface area (TPSA) is 21.1 Å². The summed E-state index contributed by atoms with van der Waals surface area (Å²) < 4.78 is 2.32. The van der Waals surface area contributed by atoms with Crippen LogP contribution in [0.2, 0.25) is 0 Å². The molecule has 0 N–H and O–H groups in total. The van der Waals surface area contributed by atoms with Crippen LogP contribution in [0.25, 0.3) is 61.1 Å². The molecule has 0 saturated carbocycles. The summed E-state index contributed by atoms with van der Waals surface area (Å²) in [5, 5.41) is 2.46. The maximum Gasteiger partial charge on any atom is 0.145 e. The Morgan fingerprint density at radius 3 is 1.70 bits per heavy atom. The molecule has 1 heterocycles. The standard InChI is InChI=1S/C50H37N3/c1-50(2)45-31-37-25-28-42(52(39-19-11-5-12-20-39)41-26-23-35(24-27-41)34-15-7-3-8-16-34)29-38(37)30-43(45)44-32-48-47(33-46(44)50)51-49(36-17-9-4-10-18-36)53(48)40-21-13-6-14-22-40/h3-33H,1-2H3. The molecule has 1 aromatic heterocycles. The second kappa shape index (κ2) is 12.2. The molecule has 1 aliphatic carbocycles. The monoisotopic (exact) mass is 679 g/mol. The van der Waals surface area contributed by atoms with Crippen molar-refractivity contribution in [1.29, 1.82) is 0 Å². The molecule has 0 bridgehead atoms. The number of rotatable bonds is 6. The zero-order valence-corrected chi connectivity index (χ0v) is 29.7. The number of nitrogens with zero attached hydrogens (tertiary/aromatic N) is 3. The fourth-order valence-corrected chi connectivity index (χ4v) is 8.25. The van der Waals surface area contributed by atoms with E-state index in [4.69, 9.17) is 4.98 Å². The van der Waals surface area contributed by atoms with Crippen LogP contribution < -0.4 is 4.90 Å². The molecule has 0 fully saturated rings. The van der Waals surface area contributed by atoms with E-state index in [0.29, 0.717) is 0 Å². The summed E-state index contributed by atoms with van der Waals surface area (Å²) >= 11 is 0. The molecule has 0 spiro atoms. The van der Waals surface area contributed by atoms with Crippen LogP contribution in [0.5, 0.6) is 0 Å². The van der Waals surface area contributed by atoms with E-state index in [1.54, 1.807) is 0 Å². The van der Waals surface area contributed by atoms with E-state index in [0.717, 1.165) is 45.2 Å². The Kier molecular flexibility index (Phi) is 7.16. The molecule has 252 valence electrons. The lowest BCUT2D eigenvalue weighted by atomic mass is 9.82. The first kappa shape index (κ1) is 31.1. The number of hydrogen-bond acceptors (Lipinski definition) is 2. The van der Waals surface area contributed by atoms with Crippen molar-refractivity contribution in [3.63, 3.8) is 0 Å². The maximum atomic E-state index is 5.29. The molecule has 0 aliphatic heterocycles. The Labute approximate surface area is 310 Å². The predicted molar refractivity (Wildman–Crippen MR) is 222 cm³/mol. The average molecular weight is 680 g/mol. The summed E-state index contributed by atoms with van der Waals surface area (Å²) in [5.74, 6) is 0.953. The average Bonchev–Trinajstić information content (AvgIpc) is 3.69. The minimum Gasteiger partial charge on any atom is -0.310 e. The number of benzene rings is 8. The van der Waals surface area contributed by atoms with Gasteiger partial charge in [-0.05, 0) is 117 Å². The van der Waals surface area contributed by atoms with Crippen LogP contribution in [0.4, 0.5) is 17.1 Å². The number of anilines is 3. The molecule has 3 heteroatoms. The molecule has 9 aromatic rings. The maximum absolute atomic E-state index is 5.29. The van der Waals surface area contributed by atoms with E-state index in [1.807, 2.05) is 0 Å². The van der Waals surface area contributed by atoms with E-state index >= 15 is 0 Å². The van der Waals surface area contributed by atoms with Gasteiger partial charge in [0.1, 0.15) is 5.82 Å². The first-order valence-corrected chi connectivity index (χ1v) is 18.3. The lowest BCUT2D eigenvalue weighted by Crippen LogP contribution is -2.15. The van der Waals surface area contributed by atoms with Crippen LogP contribution in [-0.4, -0.2) is 9.55 Å². The van der Waals surface area contributed by atoms with Crippen LogP contribution in [0.1, 0.15) is 25.0 Å². The van der Waals surface area contributed by atoms with Crippen molar-refractivity contribution >= 4 is 38.9 Å². The van der Waals surface area contributed by atoms with Gasteiger partial charge in [0, 0.05) is 33.7 Å². The van der Waals surface area contributed by atoms with Crippen LogP contribution >= 0.6 is 0 Å². The lowest BCUT2D eigenvalue weighted by molar-refractivity contribution is 0.662. The second-order valence-electron chi connectivity index (χ2n) is 14.5. The number of imidazole rings is 1. The van der Waals surface area contributed by atoms with Gasteiger partial charge in [-0.15, -0.1) is 0 Å². The summed E-state index contributed by atoms with van der Waals surface area (Å²) in [4.78, 5) is 7.64. The largest absolute Gasteiger partial charge is 0.310 e. The van der Waals surface area contributed by atoms with Gasteiger partial charge in [0.05, 0.1) is 11.0 Å². The van der Waals surface area contributed by atoms with Gasteiger partial charge in [-0.25, -0.2) is 4.98 Å². The molecule has 0 atom stereocenters. The number of aromatic nitrogens is 2. The summed E-state index contributed by atoms with van der Waals surface area (Å²) in [7, 11) is 0. The molecule has 53 heavy (non-hydrogen) atoms. The van der Waals surface area contributed by atoms with Gasteiger partial charge in [0.2, 0.25) is 0 Å². The van der Waals surface area contributed by atoms with Crippen LogP contribution in [0.3, 0.4) is 0 Å². The number of hydrogen-bond donors (Lipinski definition) is 0. The van der Waals surface area contributed by atoms with E-state index in [2.05, 4.69) is 211 Å².